The smallest absolute Gasteiger partial charge is 0.253 e. The van der Waals surface area contributed by atoms with Crippen LogP contribution in [-0.4, -0.2) is 37.0 Å². The van der Waals surface area contributed by atoms with E-state index in [1.165, 1.54) is 5.56 Å². The predicted molar refractivity (Wildman–Crippen MR) is 70.9 cm³/mol. The summed E-state index contributed by atoms with van der Waals surface area (Å²) in [4.78, 5) is 14.1. The highest BCUT2D eigenvalue weighted by molar-refractivity contribution is 5.94. The first-order chi connectivity index (χ1) is 8.25. The number of likely N-dealkylation sites (N-methyl/N-ethyl adjacent to an activating group) is 1. The molecule has 0 spiro atoms. The van der Waals surface area contributed by atoms with Gasteiger partial charge in [0.2, 0.25) is 0 Å². The molecule has 98 valence electrons. The van der Waals surface area contributed by atoms with Crippen LogP contribution in [0.4, 0.5) is 0 Å². The number of nitrogens with zero attached hydrogens (tertiary/aromatic N) is 1. The standard InChI is InChI=1S/C13H16N2O2.ClH/c1-15(12-5-14-6-12)13(16)9-2-3-10-7-17-8-11(10)4-9;/h2-4,12,14H,5-8H2,1H3;1H. The van der Waals surface area contributed by atoms with Gasteiger partial charge in [-0.05, 0) is 23.3 Å². The van der Waals surface area contributed by atoms with Crippen LogP contribution in [0.15, 0.2) is 18.2 Å². The highest BCUT2D eigenvalue weighted by Gasteiger charge is 2.26. The molecule has 1 fully saturated rings. The van der Waals surface area contributed by atoms with Crippen LogP contribution in [-0.2, 0) is 18.0 Å². The molecule has 0 unspecified atom stereocenters. The van der Waals surface area contributed by atoms with E-state index in [2.05, 4.69) is 5.32 Å². The van der Waals surface area contributed by atoms with Crippen molar-refractivity contribution in [2.75, 3.05) is 20.1 Å². The minimum atomic E-state index is 0. The second-order valence-corrected chi connectivity index (χ2v) is 4.70. The third-order valence-corrected chi connectivity index (χ3v) is 3.60. The minimum absolute atomic E-state index is 0. The first-order valence-corrected chi connectivity index (χ1v) is 5.93. The third-order valence-electron chi connectivity index (χ3n) is 3.60. The molecule has 0 aromatic heterocycles. The van der Waals surface area contributed by atoms with Crippen LogP contribution in [0, 0.1) is 0 Å². The number of nitrogens with one attached hydrogen (secondary N) is 1. The number of hydrogen-bond acceptors (Lipinski definition) is 3. The molecule has 3 rings (SSSR count). The van der Waals surface area contributed by atoms with Crippen molar-refractivity contribution in [1.82, 2.24) is 10.2 Å². The summed E-state index contributed by atoms with van der Waals surface area (Å²) in [7, 11) is 1.87. The highest BCUT2D eigenvalue weighted by atomic mass is 35.5. The Bertz CT molecular complexity index is 460. The van der Waals surface area contributed by atoms with Gasteiger partial charge in [0.1, 0.15) is 0 Å². The van der Waals surface area contributed by atoms with Gasteiger partial charge < -0.3 is 15.0 Å². The first kappa shape index (κ1) is 13.3. The maximum absolute atomic E-state index is 12.2. The lowest BCUT2D eigenvalue weighted by Gasteiger charge is -2.35. The zero-order valence-electron chi connectivity index (χ0n) is 10.3. The molecule has 0 aliphatic carbocycles. The summed E-state index contributed by atoms with van der Waals surface area (Å²) in [6, 6.07) is 6.21. The SMILES string of the molecule is CN(C(=O)c1ccc2c(c1)COC2)C1CNC1.Cl. The molecule has 0 atom stereocenters. The number of fused-ring (bicyclic) bond motifs is 1. The maximum atomic E-state index is 12.2. The molecule has 5 heteroatoms. The Balaban J connectivity index is 0.00000120. The monoisotopic (exact) mass is 268 g/mol. The molecular weight excluding hydrogens is 252 g/mol. The van der Waals surface area contributed by atoms with Crippen molar-refractivity contribution in [3.05, 3.63) is 34.9 Å². The number of benzene rings is 1. The number of carbonyl (C=O) groups is 1. The predicted octanol–water partition coefficient (Wildman–Crippen LogP) is 1.18. The number of ether oxygens (including phenoxy) is 1. The Morgan fingerprint density at radius 2 is 2.06 bits per heavy atom. The van der Waals surface area contributed by atoms with E-state index in [0.29, 0.717) is 19.3 Å². The number of rotatable bonds is 2. The number of amides is 1. The van der Waals surface area contributed by atoms with Crippen LogP contribution < -0.4 is 5.32 Å². The quantitative estimate of drug-likeness (QED) is 0.876. The zero-order valence-corrected chi connectivity index (χ0v) is 11.1. The second kappa shape index (κ2) is 5.26. The second-order valence-electron chi connectivity index (χ2n) is 4.70. The average molecular weight is 269 g/mol. The lowest BCUT2D eigenvalue weighted by atomic mass is 10.0. The summed E-state index contributed by atoms with van der Waals surface area (Å²) >= 11 is 0. The van der Waals surface area contributed by atoms with Gasteiger partial charge in [0.05, 0.1) is 19.3 Å². The largest absolute Gasteiger partial charge is 0.372 e. The third kappa shape index (κ3) is 2.23. The van der Waals surface area contributed by atoms with E-state index in [9.17, 15) is 4.79 Å². The van der Waals surface area contributed by atoms with Gasteiger partial charge in [0, 0.05) is 25.7 Å². The van der Waals surface area contributed by atoms with Crippen molar-refractivity contribution in [2.24, 2.45) is 0 Å². The molecule has 1 N–H and O–H groups in total. The maximum Gasteiger partial charge on any atom is 0.253 e. The van der Waals surface area contributed by atoms with E-state index in [1.54, 1.807) is 0 Å². The van der Waals surface area contributed by atoms with Crippen LogP contribution in [0.1, 0.15) is 21.5 Å². The lowest BCUT2D eigenvalue weighted by Crippen LogP contribution is -2.57. The molecule has 1 aromatic carbocycles. The van der Waals surface area contributed by atoms with E-state index >= 15 is 0 Å². The summed E-state index contributed by atoms with van der Waals surface area (Å²) in [6.07, 6.45) is 0. The minimum Gasteiger partial charge on any atom is -0.372 e. The van der Waals surface area contributed by atoms with Gasteiger partial charge in [-0.25, -0.2) is 0 Å². The number of carbonyl (C=O) groups excluding carboxylic acids is 1. The van der Waals surface area contributed by atoms with Gasteiger partial charge in [-0.15, -0.1) is 12.4 Å². The van der Waals surface area contributed by atoms with Gasteiger partial charge in [-0.2, -0.15) is 0 Å². The van der Waals surface area contributed by atoms with E-state index in [0.717, 1.165) is 24.2 Å². The average Bonchev–Trinajstić information content (AvgIpc) is 2.72. The molecule has 0 saturated carbocycles. The van der Waals surface area contributed by atoms with Crippen molar-refractivity contribution in [1.29, 1.82) is 0 Å². The molecule has 4 nitrogen and oxygen atoms in total. The summed E-state index contributed by atoms with van der Waals surface area (Å²) in [6.45, 7) is 3.10. The van der Waals surface area contributed by atoms with Crippen molar-refractivity contribution in [3.63, 3.8) is 0 Å². The van der Waals surface area contributed by atoms with Crippen LogP contribution >= 0.6 is 12.4 Å². The first-order valence-electron chi connectivity index (χ1n) is 5.93. The molecule has 2 heterocycles. The van der Waals surface area contributed by atoms with E-state index in [1.807, 2.05) is 30.1 Å². The molecule has 0 radical (unpaired) electrons. The van der Waals surface area contributed by atoms with Crippen molar-refractivity contribution in [2.45, 2.75) is 19.3 Å². The van der Waals surface area contributed by atoms with Gasteiger partial charge in [-0.1, -0.05) is 6.07 Å². The van der Waals surface area contributed by atoms with Crippen LogP contribution in [0.3, 0.4) is 0 Å². The molecule has 1 amide bonds. The summed E-state index contributed by atoms with van der Waals surface area (Å²) in [5.74, 6) is 0.103. The van der Waals surface area contributed by atoms with Gasteiger partial charge >= 0.3 is 0 Å². The Kier molecular flexibility index (Phi) is 3.90. The fourth-order valence-electron chi connectivity index (χ4n) is 2.22. The fraction of sp³-hybridized carbons (Fsp3) is 0.462. The molecule has 1 saturated heterocycles. The van der Waals surface area contributed by atoms with E-state index in [4.69, 9.17) is 4.74 Å². The van der Waals surface area contributed by atoms with Crippen molar-refractivity contribution in [3.8, 4) is 0 Å². The Labute approximate surface area is 113 Å². The molecule has 2 aliphatic heterocycles. The zero-order chi connectivity index (χ0) is 11.8. The summed E-state index contributed by atoms with van der Waals surface area (Å²) in [5.41, 5.74) is 3.12. The Morgan fingerprint density at radius 3 is 2.72 bits per heavy atom. The van der Waals surface area contributed by atoms with Crippen LogP contribution in [0.25, 0.3) is 0 Å². The van der Waals surface area contributed by atoms with Crippen molar-refractivity contribution >= 4 is 18.3 Å². The van der Waals surface area contributed by atoms with E-state index in [-0.39, 0.29) is 18.3 Å². The normalized spacial score (nSPS) is 17.6. The molecule has 0 bridgehead atoms. The molecule has 2 aliphatic rings. The van der Waals surface area contributed by atoms with Gasteiger partial charge in [-0.3, -0.25) is 4.79 Å². The van der Waals surface area contributed by atoms with E-state index < -0.39 is 0 Å². The Hall–Kier alpha value is -1.10. The van der Waals surface area contributed by atoms with Gasteiger partial charge in [0.15, 0.2) is 0 Å². The highest BCUT2D eigenvalue weighted by Crippen LogP contribution is 2.21. The molecular formula is C13H17ClN2O2. The van der Waals surface area contributed by atoms with Crippen molar-refractivity contribution < 1.29 is 9.53 Å². The number of hydrogen-bond donors (Lipinski definition) is 1. The molecule has 18 heavy (non-hydrogen) atoms. The van der Waals surface area contributed by atoms with Crippen LogP contribution in [0.5, 0.6) is 0 Å². The molecule has 1 aromatic rings. The lowest BCUT2D eigenvalue weighted by molar-refractivity contribution is 0.0681. The van der Waals surface area contributed by atoms with Crippen LogP contribution in [0.2, 0.25) is 0 Å². The Morgan fingerprint density at radius 1 is 1.33 bits per heavy atom. The summed E-state index contributed by atoms with van der Waals surface area (Å²) in [5, 5.41) is 3.18. The topological polar surface area (TPSA) is 41.6 Å². The fourth-order valence-corrected chi connectivity index (χ4v) is 2.22. The van der Waals surface area contributed by atoms with Gasteiger partial charge in [0.25, 0.3) is 5.91 Å². The summed E-state index contributed by atoms with van der Waals surface area (Å²) < 4.78 is 5.36. The number of halogens is 1.